The Labute approximate surface area is 113 Å². The molecule has 1 radical (unpaired) electrons. The zero-order valence-corrected chi connectivity index (χ0v) is 11.6. The van der Waals surface area contributed by atoms with Gasteiger partial charge in [0.2, 0.25) is 0 Å². The molecule has 2 aromatic heterocycles. The van der Waals surface area contributed by atoms with Crippen molar-refractivity contribution >= 4 is 5.65 Å². The van der Waals surface area contributed by atoms with Gasteiger partial charge in [0.1, 0.15) is 5.65 Å². The molecular weight excluding hydrogens is 390 g/mol. The summed E-state index contributed by atoms with van der Waals surface area (Å²) in [7, 11) is 0. The fourth-order valence-electron chi connectivity index (χ4n) is 1.68. The molecule has 0 saturated heterocycles. The van der Waals surface area contributed by atoms with Crippen molar-refractivity contribution in [3.8, 4) is 11.4 Å². The summed E-state index contributed by atoms with van der Waals surface area (Å²) in [4.78, 5) is 4.46. The molecule has 0 aliphatic rings. The van der Waals surface area contributed by atoms with Gasteiger partial charge >= 0.3 is 0 Å². The van der Waals surface area contributed by atoms with Crippen LogP contribution in [0.25, 0.3) is 17.0 Å². The normalized spacial score (nSPS) is 10.2. The number of aromatic nitrogens is 3. The summed E-state index contributed by atoms with van der Waals surface area (Å²) < 4.78 is 1.84. The second kappa shape index (κ2) is 4.78. The van der Waals surface area contributed by atoms with Gasteiger partial charge in [-0.3, -0.25) is 4.98 Å². The van der Waals surface area contributed by atoms with Crippen LogP contribution < -0.4 is 0 Å². The van der Waals surface area contributed by atoms with E-state index in [-0.39, 0.29) is 20.1 Å². The molecule has 0 saturated carbocycles. The monoisotopic (exact) mass is 401 g/mol. The van der Waals surface area contributed by atoms with Crippen LogP contribution in [0.4, 0.5) is 0 Å². The van der Waals surface area contributed by atoms with E-state index in [1.807, 2.05) is 53.9 Å². The smallest absolute Gasteiger partial charge is 0.145 e. The van der Waals surface area contributed by atoms with Crippen LogP contribution in [0.5, 0.6) is 0 Å². The van der Waals surface area contributed by atoms with Gasteiger partial charge in [-0.15, -0.1) is 35.9 Å². The molecule has 3 nitrogen and oxygen atoms in total. The first kappa shape index (κ1) is 12.0. The first-order valence-electron chi connectivity index (χ1n) is 5.14. The molecule has 3 aromatic rings. The number of nitrogens with zero attached hydrogens (tertiary/aromatic N) is 3. The number of hydrogen-bond acceptors (Lipinski definition) is 2. The van der Waals surface area contributed by atoms with Gasteiger partial charge in [-0.1, -0.05) is 6.07 Å². The molecule has 0 amide bonds. The molecule has 0 atom stereocenters. The topological polar surface area (TPSA) is 30.2 Å². The van der Waals surface area contributed by atoms with Gasteiger partial charge in [0.25, 0.3) is 0 Å². The molecule has 17 heavy (non-hydrogen) atoms. The maximum Gasteiger partial charge on any atom is 0.145 e. The Hall–Kier alpha value is -1.51. The van der Waals surface area contributed by atoms with Gasteiger partial charge in [0, 0.05) is 25.8 Å². The zero-order valence-electron chi connectivity index (χ0n) is 9.22. The minimum atomic E-state index is 0. The molecular formula is C13H10IrN3-. The molecule has 1 aromatic carbocycles. The van der Waals surface area contributed by atoms with Crippen LogP contribution in [0.2, 0.25) is 0 Å². The van der Waals surface area contributed by atoms with Crippen molar-refractivity contribution in [1.29, 1.82) is 0 Å². The summed E-state index contributed by atoms with van der Waals surface area (Å²) in [6.45, 7) is 2.01. The van der Waals surface area contributed by atoms with Gasteiger partial charge in [0.15, 0.2) is 0 Å². The van der Waals surface area contributed by atoms with E-state index in [2.05, 4.69) is 16.1 Å². The average molecular weight is 400 g/mol. The van der Waals surface area contributed by atoms with Crippen molar-refractivity contribution in [2.45, 2.75) is 6.92 Å². The predicted octanol–water partition coefficient (Wildman–Crippen LogP) is 2.50. The fraction of sp³-hybridized carbons (Fsp3) is 0.0769. The van der Waals surface area contributed by atoms with Crippen LogP contribution in [0.3, 0.4) is 0 Å². The number of pyridine rings is 1. The molecule has 0 aliphatic heterocycles. The summed E-state index contributed by atoms with van der Waals surface area (Å²) >= 11 is 0. The number of aryl methyl sites for hydroxylation is 1. The second-order valence-electron chi connectivity index (χ2n) is 3.65. The van der Waals surface area contributed by atoms with E-state index in [0.717, 1.165) is 22.7 Å². The van der Waals surface area contributed by atoms with Crippen molar-refractivity contribution in [2.24, 2.45) is 0 Å². The third-order valence-corrected chi connectivity index (χ3v) is 2.50. The van der Waals surface area contributed by atoms with Crippen LogP contribution in [-0.4, -0.2) is 14.6 Å². The number of rotatable bonds is 1. The minimum Gasteiger partial charge on any atom is -0.258 e. The number of fused-ring (bicyclic) bond motifs is 1. The Morgan fingerprint density at radius 2 is 2.00 bits per heavy atom. The van der Waals surface area contributed by atoms with Crippen LogP contribution >= 0.6 is 0 Å². The summed E-state index contributed by atoms with van der Waals surface area (Å²) in [5, 5.41) is 4.46. The van der Waals surface area contributed by atoms with E-state index in [4.69, 9.17) is 0 Å². The van der Waals surface area contributed by atoms with Crippen LogP contribution in [-0.2, 0) is 20.1 Å². The number of benzene rings is 1. The van der Waals surface area contributed by atoms with Gasteiger partial charge in [-0.25, -0.2) is 4.52 Å². The van der Waals surface area contributed by atoms with Crippen molar-refractivity contribution in [3.05, 3.63) is 54.2 Å². The van der Waals surface area contributed by atoms with Gasteiger partial charge in [-0.2, -0.15) is 5.10 Å². The summed E-state index contributed by atoms with van der Waals surface area (Å²) in [6, 6.07) is 16.8. The maximum atomic E-state index is 4.46. The molecule has 0 spiro atoms. The Morgan fingerprint density at radius 1 is 1.12 bits per heavy atom. The third kappa shape index (κ3) is 2.14. The SMILES string of the molecule is Cc1cccc2nc(-c3[c-]cccc3)nn12.[Ir]. The predicted molar refractivity (Wildman–Crippen MR) is 62.0 cm³/mol. The molecule has 87 valence electrons. The van der Waals surface area contributed by atoms with Crippen molar-refractivity contribution in [2.75, 3.05) is 0 Å². The van der Waals surface area contributed by atoms with E-state index in [1.54, 1.807) is 0 Å². The van der Waals surface area contributed by atoms with E-state index < -0.39 is 0 Å². The van der Waals surface area contributed by atoms with Crippen molar-refractivity contribution in [3.63, 3.8) is 0 Å². The Morgan fingerprint density at radius 3 is 2.71 bits per heavy atom. The van der Waals surface area contributed by atoms with Gasteiger partial charge < -0.3 is 0 Å². The van der Waals surface area contributed by atoms with Gasteiger partial charge in [0.05, 0.1) is 5.82 Å². The van der Waals surface area contributed by atoms with Crippen molar-refractivity contribution in [1.82, 2.24) is 14.6 Å². The van der Waals surface area contributed by atoms with Crippen LogP contribution in [0, 0.1) is 13.0 Å². The quantitative estimate of drug-likeness (QED) is 0.588. The summed E-state index contributed by atoms with van der Waals surface area (Å²) in [6.07, 6.45) is 0. The summed E-state index contributed by atoms with van der Waals surface area (Å²) in [5.41, 5.74) is 2.87. The fourth-order valence-corrected chi connectivity index (χ4v) is 1.68. The minimum absolute atomic E-state index is 0. The first-order valence-corrected chi connectivity index (χ1v) is 5.14. The average Bonchev–Trinajstić information content (AvgIpc) is 2.76. The molecule has 3 rings (SSSR count). The van der Waals surface area contributed by atoms with Crippen molar-refractivity contribution < 1.29 is 20.1 Å². The zero-order chi connectivity index (χ0) is 11.0. The largest absolute Gasteiger partial charge is 0.258 e. The molecule has 0 fully saturated rings. The molecule has 0 N–H and O–H groups in total. The first-order chi connectivity index (χ1) is 7.84. The molecule has 0 bridgehead atoms. The Kier molecular flexibility index (Phi) is 3.36. The van der Waals surface area contributed by atoms with E-state index in [9.17, 15) is 0 Å². The second-order valence-corrected chi connectivity index (χ2v) is 3.65. The maximum absolute atomic E-state index is 4.46. The summed E-state index contributed by atoms with van der Waals surface area (Å²) in [5.74, 6) is 0.718. The Balaban J connectivity index is 0.00000108. The third-order valence-electron chi connectivity index (χ3n) is 2.50. The molecule has 0 aliphatic carbocycles. The van der Waals surface area contributed by atoms with Gasteiger partial charge in [-0.05, 0) is 19.1 Å². The Bertz CT molecular complexity index is 631. The molecule has 0 unspecified atom stereocenters. The standard InChI is InChI=1S/C13H10N3.Ir/c1-10-6-5-9-12-14-13(15-16(10)12)11-7-3-2-4-8-11;/h2-7,9H,1H3;/q-1;. The van der Waals surface area contributed by atoms with E-state index >= 15 is 0 Å². The molecule has 4 heteroatoms. The van der Waals surface area contributed by atoms with Crippen LogP contribution in [0.15, 0.2) is 42.5 Å². The van der Waals surface area contributed by atoms with E-state index in [0.29, 0.717) is 0 Å². The number of hydrogen-bond donors (Lipinski definition) is 0. The van der Waals surface area contributed by atoms with E-state index in [1.165, 1.54) is 0 Å². The molecule has 2 heterocycles. The van der Waals surface area contributed by atoms with Crippen LogP contribution in [0.1, 0.15) is 5.69 Å².